The van der Waals surface area contributed by atoms with Crippen LogP contribution in [0, 0.1) is 0 Å². The zero-order valence-electron chi connectivity index (χ0n) is 11.1. The summed E-state index contributed by atoms with van der Waals surface area (Å²) >= 11 is 7.32. The SMILES string of the molecule is Clc1ncc(CNc2cccc(OC3CCCC3)c2)s1. The second kappa shape index (κ2) is 6.46. The Morgan fingerprint density at radius 1 is 1.35 bits per heavy atom. The zero-order valence-corrected chi connectivity index (χ0v) is 12.7. The quantitative estimate of drug-likeness (QED) is 0.867. The van der Waals surface area contributed by atoms with E-state index in [1.54, 1.807) is 6.20 Å². The standard InChI is InChI=1S/C15H17ClN2OS/c16-15-18-10-14(20-15)9-17-11-4-3-7-13(8-11)19-12-5-1-2-6-12/h3-4,7-8,10,12,17H,1-2,5-6,9H2. The van der Waals surface area contributed by atoms with Crippen molar-refractivity contribution in [3.8, 4) is 5.75 Å². The van der Waals surface area contributed by atoms with Crippen molar-refractivity contribution in [1.82, 2.24) is 4.98 Å². The Balaban J connectivity index is 1.58. The molecule has 20 heavy (non-hydrogen) atoms. The fraction of sp³-hybridized carbons (Fsp3) is 0.400. The molecule has 0 unspecified atom stereocenters. The van der Waals surface area contributed by atoms with Gasteiger partial charge in [0.05, 0.1) is 12.6 Å². The van der Waals surface area contributed by atoms with Gasteiger partial charge < -0.3 is 10.1 Å². The number of rotatable bonds is 5. The van der Waals surface area contributed by atoms with E-state index in [4.69, 9.17) is 16.3 Å². The molecule has 5 heteroatoms. The van der Waals surface area contributed by atoms with E-state index in [1.807, 2.05) is 18.2 Å². The number of hydrogen-bond donors (Lipinski definition) is 1. The minimum atomic E-state index is 0.394. The van der Waals surface area contributed by atoms with Crippen LogP contribution < -0.4 is 10.1 Å². The highest BCUT2D eigenvalue weighted by molar-refractivity contribution is 7.15. The van der Waals surface area contributed by atoms with E-state index in [1.165, 1.54) is 37.0 Å². The summed E-state index contributed by atoms with van der Waals surface area (Å²) in [6, 6.07) is 8.14. The van der Waals surface area contributed by atoms with Gasteiger partial charge in [-0.2, -0.15) is 0 Å². The number of thiazole rings is 1. The molecule has 1 aromatic carbocycles. The highest BCUT2D eigenvalue weighted by Gasteiger charge is 2.16. The highest BCUT2D eigenvalue weighted by Crippen LogP contribution is 2.26. The number of aromatic nitrogens is 1. The van der Waals surface area contributed by atoms with Crippen molar-refractivity contribution in [1.29, 1.82) is 0 Å². The Labute approximate surface area is 127 Å². The first kappa shape index (κ1) is 13.7. The molecule has 0 atom stereocenters. The third kappa shape index (κ3) is 3.64. The first-order valence-electron chi connectivity index (χ1n) is 6.90. The molecule has 0 radical (unpaired) electrons. The van der Waals surface area contributed by atoms with Crippen LogP contribution in [0.25, 0.3) is 0 Å². The number of hydrogen-bond acceptors (Lipinski definition) is 4. The van der Waals surface area contributed by atoms with Crippen LogP contribution in [0.2, 0.25) is 4.47 Å². The number of anilines is 1. The van der Waals surface area contributed by atoms with Gasteiger partial charge in [0.2, 0.25) is 0 Å². The van der Waals surface area contributed by atoms with Crippen LogP contribution in [0.15, 0.2) is 30.5 Å². The Morgan fingerprint density at radius 3 is 2.95 bits per heavy atom. The third-order valence-electron chi connectivity index (χ3n) is 3.43. The van der Waals surface area contributed by atoms with E-state index < -0.39 is 0 Å². The predicted octanol–water partition coefficient (Wildman–Crippen LogP) is 4.73. The number of nitrogens with zero attached hydrogens (tertiary/aromatic N) is 1. The molecule has 1 saturated carbocycles. The van der Waals surface area contributed by atoms with Gasteiger partial charge in [0.25, 0.3) is 0 Å². The van der Waals surface area contributed by atoms with Crippen molar-refractivity contribution in [3.05, 3.63) is 39.8 Å². The lowest BCUT2D eigenvalue weighted by atomic mass is 10.2. The van der Waals surface area contributed by atoms with Gasteiger partial charge in [0.15, 0.2) is 4.47 Å². The number of benzene rings is 1. The second-order valence-corrected chi connectivity index (χ2v) is 6.68. The third-order valence-corrected chi connectivity index (χ3v) is 4.55. The molecule has 0 spiro atoms. The fourth-order valence-electron chi connectivity index (χ4n) is 2.43. The minimum Gasteiger partial charge on any atom is -0.490 e. The van der Waals surface area contributed by atoms with Crippen molar-refractivity contribution in [3.63, 3.8) is 0 Å². The summed E-state index contributed by atoms with van der Waals surface area (Å²) in [6.07, 6.45) is 7.13. The molecule has 106 valence electrons. The number of halogens is 1. The van der Waals surface area contributed by atoms with E-state index >= 15 is 0 Å². The van der Waals surface area contributed by atoms with E-state index in [9.17, 15) is 0 Å². The van der Waals surface area contributed by atoms with E-state index in [2.05, 4.69) is 16.4 Å². The van der Waals surface area contributed by atoms with Crippen LogP contribution in [0.5, 0.6) is 5.75 Å². The maximum atomic E-state index is 6.00. The van der Waals surface area contributed by atoms with Crippen LogP contribution in [0.3, 0.4) is 0 Å². The molecule has 1 aromatic heterocycles. The number of nitrogens with one attached hydrogen (secondary N) is 1. The molecular weight excluding hydrogens is 292 g/mol. The molecule has 3 rings (SSSR count). The largest absolute Gasteiger partial charge is 0.490 e. The number of ether oxygens (including phenoxy) is 1. The van der Waals surface area contributed by atoms with Gasteiger partial charge >= 0.3 is 0 Å². The smallest absolute Gasteiger partial charge is 0.183 e. The lowest BCUT2D eigenvalue weighted by Gasteiger charge is -2.14. The van der Waals surface area contributed by atoms with Crippen molar-refractivity contribution < 1.29 is 4.74 Å². The Hall–Kier alpha value is -1.26. The zero-order chi connectivity index (χ0) is 13.8. The van der Waals surface area contributed by atoms with E-state index in [0.717, 1.165) is 22.9 Å². The van der Waals surface area contributed by atoms with Crippen molar-refractivity contribution >= 4 is 28.6 Å². The molecule has 0 saturated heterocycles. The van der Waals surface area contributed by atoms with Gasteiger partial charge in [0, 0.05) is 22.8 Å². The topological polar surface area (TPSA) is 34.2 Å². The molecule has 1 aliphatic carbocycles. The molecule has 1 heterocycles. The minimum absolute atomic E-state index is 0.394. The van der Waals surface area contributed by atoms with Crippen LogP contribution in [-0.4, -0.2) is 11.1 Å². The average molecular weight is 309 g/mol. The Kier molecular flexibility index (Phi) is 4.43. The van der Waals surface area contributed by atoms with Gasteiger partial charge in [-0.3, -0.25) is 0 Å². The molecule has 3 nitrogen and oxygen atoms in total. The summed E-state index contributed by atoms with van der Waals surface area (Å²) in [5.41, 5.74) is 1.06. The maximum absolute atomic E-state index is 6.00. The highest BCUT2D eigenvalue weighted by atomic mass is 35.5. The average Bonchev–Trinajstić information content (AvgIpc) is 3.09. The van der Waals surface area contributed by atoms with Crippen LogP contribution in [-0.2, 0) is 6.54 Å². The Bertz CT molecular complexity index is 567. The van der Waals surface area contributed by atoms with Gasteiger partial charge in [0.1, 0.15) is 5.75 Å². The Morgan fingerprint density at radius 2 is 2.20 bits per heavy atom. The molecule has 0 aliphatic heterocycles. The van der Waals surface area contributed by atoms with Gasteiger partial charge in [-0.15, -0.1) is 11.3 Å². The van der Waals surface area contributed by atoms with Gasteiger partial charge in [-0.1, -0.05) is 17.7 Å². The summed E-state index contributed by atoms with van der Waals surface area (Å²) in [4.78, 5) is 5.16. The molecule has 1 aliphatic rings. The molecule has 0 amide bonds. The summed E-state index contributed by atoms with van der Waals surface area (Å²) in [5.74, 6) is 0.948. The van der Waals surface area contributed by atoms with Gasteiger partial charge in [-0.25, -0.2) is 4.98 Å². The van der Waals surface area contributed by atoms with Crippen molar-refractivity contribution in [2.75, 3.05) is 5.32 Å². The molecular formula is C15H17ClN2OS. The molecule has 2 aromatic rings. The van der Waals surface area contributed by atoms with Crippen LogP contribution >= 0.6 is 22.9 Å². The van der Waals surface area contributed by atoms with Crippen molar-refractivity contribution in [2.45, 2.75) is 38.3 Å². The van der Waals surface area contributed by atoms with E-state index in [0.29, 0.717) is 10.6 Å². The summed E-state index contributed by atoms with van der Waals surface area (Å²) in [6.45, 7) is 0.733. The molecule has 1 N–H and O–H groups in total. The predicted molar refractivity (Wildman–Crippen MR) is 83.8 cm³/mol. The summed E-state index contributed by atoms with van der Waals surface area (Å²) in [7, 11) is 0. The molecule has 0 bridgehead atoms. The molecule has 1 fully saturated rings. The fourth-order valence-corrected chi connectivity index (χ4v) is 3.35. The van der Waals surface area contributed by atoms with Crippen molar-refractivity contribution in [2.24, 2.45) is 0 Å². The summed E-state index contributed by atoms with van der Waals surface area (Å²) in [5, 5.41) is 3.37. The second-order valence-electron chi connectivity index (χ2n) is 4.99. The summed E-state index contributed by atoms with van der Waals surface area (Å²) < 4.78 is 6.58. The van der Waals surface area contributed by atoms with Gasteiger partial charge in [-0.05, 0) is 37.8 Å². The lowest BCUT2D eigenvalue weighted by Crippen LogP contribution is -2.10. The van der Waals surface area contributed by atoms with Crippen LogP contribution in [0.1, 0.15) is 30.6 Å². The monoisotopic (exact) mass is 308 g/mol. The normalized spacial score (nSPS) is 15.4. The first-order valence-corrected chi connectivity index (χ1v) is 8.10. The maximum Gasteiger partial charge on any atom is 0.183 e. The lowest BCUT2D eigenvalue weighted by molar-refractivity contribution is 0.210. The van der Waals surface area contributed by atoms with E-state index in [-0.39, 0.29) is 0 Å². The van der Waals surface area contributed by atoms with Crippen LogP contribution in [0.4, 0.5) is 5.69 Å². The first-order chi connectivity index (χ1) is 9.79.